The van der Waals surface area contributed by atoms with Gasteiger partial charge in [0.1, 0.15) is 6.10 Å². The molecule has 0 radical (unpaired) electrons. The highest BCUT2D eigenvalue weighted by atomic mass is 16.3. The maximum atomic E-state index is 13.6. The first-order valence-electron chi connectivity index (χ1n) is 12.4. The van der Waals surface area contributed by atoms with E-state index in [0.29, 0.717) is 11.6 Å². The molecule has 2 aliphatic heterocycles. The van der Waals surface area contributed by atoms with Crippen LogP contribution >= 0.6 is 0 Å². The number of carbonyl (C=O) groups excluding carboxylic acids is 1. The van der Waals surface area contributed by atoms with Crippen LogP contribution < -0.4 is 0 Å². The molecule has 0 aliphatic carbocycles. The summed E-state index contributed by atoms with van der Waals surface area (Å²) in [7, 11) is 0. The third kappa shape index (κ3) is 4.63. The maximum absolute atomic E-state index is 13.6. The lowest BCUT2D eigenvalue weighted by atomic mass is 9.90. The van der Waals surface area contributed by atoms with Crippen LogP contribution in [0.5, 0.6) is 0 Å². The molecule has 2 N–H and O–H groups in total. The van der Waals surface area contributed by atoms with Gasteiger partial charge in [-0.25, -0.2) is 0 Å². The highest BCUT2D eigenvalue weighted by molar-refractivity contribution is 6.10. The summed E-state index contributed by atoms with van der Waals surface area (Å²) in [5.41, 5.74) is 3.68. The number of para-hydroxylation sites is 1. The number of benzene rings is 2. The molecule has 2 atom stereocenters. The van der Waals surface area contributed by atoms with Crippen LogP contribution in [0, 0.1) is 6.92 Å². The molecule has 2 aromatic carbocycles. The molecule has 2 aliphatic rings. The van der Waals surface area contributed by atoms with E-state index in [0.717, 1.165) is 42.4 Å². The number of aryl methyl sites for hydroxylation is 1. The van der Waals surface area contributed by atoms with Crippen LogP contribution in [0.25, 0.3) is 10.9 Å². The molecule has 174 valence electrons. The number of piperidine rings is 2. The highest BCUT2D eigenvalue weighted by Crippen LogP contribution is 2.32. The number of likely N-dealkylation sites (tertiary alicyclic amines) is 2. The SMILES string of the molecule is Cc1ccc(C(C(O)C(=O)c2c[nH]c3ccccc23)N2CCC(N3CCCCC3)CC2)cc1. The Morgan fingerprint density at radius 2 is 1.67 bits per heavy atom. The van der Waals surface area contributed by atoms with E-state index in [-0.39, 0.29) is 11.8 Å². The van der Waals surface area contributed by atoms with Gasteiger partial charge in [-0.15, -0.1) is 0 Å². The summed E-state index contributed by atoms with van der Waals surface area (Å²) in [4.78, 5) is 21.7. The van der Waals surface area contributed by atoms with Gasteiger partial charge in [-0.2, -0.15) is 0 Å². The third-order valence-electron chi connectivity index (χ3n) is 7.64. The number of hydrogen-bond donors (Lipinski definition) is 2. The van der Waals surface area contributed by atoms with Gasteiger partial charge in [0.05, 0.1) is 6.04 Å². The van der Waals surface area contributed by atoms with E-state index in [1.165, 1.54) is 37.9 Å². The number of rotatable bonds is 6. The Morgan fingerprint density at radius 3 is 2.39 bits per heavy atom. The van der Waals surface area contributed by atoms with Crippen molar-refractivity contribution in [3.8, 4) is 0 Å². The number of nitrogens with zero attached hydrogens (tertiary/aromatic N) is 2. The molecule has 5 rings (SSSR count). The first kappa shape index (κ1) is 22.3. The molecule has 0 bridgehead atoms. The molecule has 1 aromatic heterocycles. The number of fused-ring (bicyclic) bond motifs is 1. The van der Waals surface area contributed by atoms with Gasteiger partial charge in [-0.1, -0.05) is 54.4 Å². The molecular weight excluding hydrogens is 410 g/mol. The van der Waals surface area contributed by atoms with Crippen molar-refractivity contribution in [2.75, 3.05) is 26.2 Å². The quantitative estimate of drug-likeness (QED) is 0.540. The van der Waals surface area contributed by atoms with Crippen LogP contribution in [0.15, 0.2) is 54.7 Å². The Morgan fingerprint density at radius 1 is 0.970 bits per heavy atom. The van der Waals surface area contributed by atoms with Crippen LogP contribution in [0.1, 0.15) is 59.6 Å². The number of hydrogen-bond acceptors (Lipinski definition) is 4. The Kier molecular flexibility index (Phi) is 6.63. The van der Waals surface area contributed by atoms with Gasteiger partial charge < -0.3 is 15.0 Å². The normalized spacial score (nSPS) is 20.7. The predicted molar refractivity (Wildman–Crippen MR) is 133 cm³/mol. The monoisotopic (exact) mass is 445 g/mol. The van der Waals surface area contributed by atoms with Crippen molar-refractivity contribution in [2.24, 2.45) is 0 Å². The fourth-order valence-corrected chi connectivity index (χ4v) is 5.75. The van der Waals surface area contributed by atoms with Gasteiger partial charge in [-0.05, 0) is 57.3 Å². The maximum Gasteiger partial charge on any atom is 0.195 e. The summed E-state index contributed by atoms with van der Waals surface area (Å²) in [6, 6.07) is 16.4. The van der Waals surface area contributed by atoms with E-state index in [2.05, 4.69) is 46.0 Å². The molecule has 2 fully saturated rings. The van der Waals surface area contributed by atoms with E-state index in [1.54, 1.807) is 6.20 Å². The zero-order valence-corrected chi connectivity index (χ0v) is 19.5. The van der Waals surface area contributed by atoms with Gasteiger partial charge in [0.15, 0.2) is 5.78 Å². The lowest BCUT2D eigenvalue weighted by molar-refractivity contribution is 0.0161. The Balaban J connectivity index is 1.39. The van der Waals surface area contributed by atoms with Gasteiger partial charge in [-0.3, -0.25) is 9.69 Å². The van der Waals surface area contributed by atoms with Crippen molar-refractivity contribution in [2.45, 2.75) is 57.2 Å². The minimum absolute atomic E-state index is 0.212. The second-order valence-corrected chi connectivity index (χ2v) is 9.78. The molecule has 5 nitrogen and oxygen atoms in total. The van der Waals surface area contributed by atoms with Gasteiger partial charge in [0.2, 0.25) is 0 Å². The molecular formula is C28H35N3O2. The van der Waals surface area contributed by atoms with Crippen molar-refractivity contribution >= 4 is 16.7 Å². The predicted octanol–water partition coefficient (Wildman–Crippen LogP) is 4.71. The summed E-state index contributed by atoms with van der Waals surface area (Å²) in [5, 5.41) is 12.4. The molecule has 0 spiro atoms. The van der Waals surface area contributed by atoms with E-state index >= 15 is 0 Å². The first-order chi connectivity index (χ1) is 16.1. The van der Waals surface area contributed by atoms with Gasteiger partial charge >= 0.3 is 0 Å². The number of carbonyl (C=O) groups is 1. The summed E-state index contributed by atoms with van der Waals surface area (Å²) < 4.78 is 0. The average Bonchev–Trinajstić information content (AvgIpc) is 3.30. The Labute approximate surface area is 196 Å². The molecule has 0 saturated carbocycles. The van der Waals surface area contributed by atoms with E-state index in [9.17, 15) is 9.90 Å². The number of aliphatic hydroxyl groups excluding tert-OH is 1. The zero-order valence-electron chi connectivity index (χ0n) is 19.5. The summed E-state index contributed by atoms with van der Waals surface area (Å²) >= 11 is 0. The molecule has 3 aromatic rings. The number of aromatic nitrogens is 1. The summed E-state index contributed by atoms with van der Waals surface area (Å²) in [5.74, 6) is -0.212. The number of H-pyrrole nitrogens is 1. The number of aromatic amines is 1. The van der Waals surface area contributed by atoms with Crippen molar-refractivity contribution in [1.29, 1.82) is 0 Å². The van der Waals surface area contributed by atoms with Crippen LogP contribution in [0.4, 0.5) is 0 Å². The minimum Gasteiger partial charge on any atom is -0.383 e. The van der Waals surface area contributed by atoms with E-state index in [4.69, 9.17) is 0 Å². The minimum atomic E-state index is -1.11. The van der Waals surface area contributed by atoms with Crippen molar-refractivity contribution in [3.63, 3.8) is 0 Å². The molecule has 2 saturated heterocycles. The molecule has 2 unspecified atom stereocenters. The van der Waals surface area contributed by atoms with Crippen molar-refractivity contribution in [3.05, 3.63) is 71.4 Å². The second-order valence-electron chi connectivity index (χ2n) is 9.78. The largest absolute Gasteiger partial charge is 0.383 e. The lowest BCUT2D eigenvalue weighted by Crippen LogP contribution is -2.50. The molecule has 5 heteroatoms. The zero-order chi connectivity index (χ0) is 22.8. The van der Waals surface area contributed by atoms with Crippen LogP contribution in [0.3, 0.4) is 0 Å². The van der Waals surface area contributed by atoms with E-state index in [1.807, 2.05) is 24.3 Å². The summed E-state index contributed by atoms with van der Waals surface area (Å²) in [6.45, 7) is 6.30. The second kappa shape index (κ2) is 9.80. The summed E-state index contributed by atoms with van der Waals surface area (Å²) in [6.07, 6.45) is 6.79. The standard InChI is InChI=1S/C28H35N3O2/c1-20-9-11-21(12-10-20)26(31-17-13-22(14-18-31)30-15-5-2-6-16-30)28(33)27(32)24-19-29-25-8-4-3-7-23(24)25/h3-4,7-12,19,22,26,28-29,33H,2,5-6,13-18H2,1H3. The van der Waals surface area contributed by atoms with Gasteiger partial charge in [0.25, 0.3) is 0 Å². The number of nitrogens with one attached hydrogen (secondary N) is 1. The Hall–Kier alpha value is -2.47. The number of Topliss-reactive ketones (excluding diaryl/α,β-unsaturated/α-hetero) is 1. The molecule has 3 heterocycles. The molecule has 0 amide bonds. The van der Waals surface area contributed by atoms with Gasteiger partial charge in [0, 0.05) is 41.8 Å². The lowest BCUT2D eigenvalue weighted by Gasteiger charge is -2.43. The van der Waals surface area contributed by atoms with E-state index < -0.39 is 6.10 Å². The fourth-order valence-electron chi connectivity index (χ4n) is 5.75. The van der Waals surface area contributed by atoms with Crippen molar-refractivity contribution in [1.82, 2.24) is 14.8 Å². The van der Waals surface area contributed by atoms with Crippen LogP contribution in [-0.2, 0) is 0 Å². The topological polar surface area (TPSA) is 59.6 Å². The highest BCUT2D eigenvalue weighted by Gasteiger charge is 2.36. The molecule has 33 heavy (non-hydrogen) atoms. The first-order valence-corrected chi connectivity index (χ1v) is 12.4. The van der Waals surface area contributed by atoms with Crippen LogP contribution in [-0.4, -0.2) is 64.0 Å². The number of aliphatic hydroxyl groups is 1. The smallest absolute Gasteiger partial charge is 0.195 e. The fraction of sp³-hybridized carbons (Fsp3) is 0.464. The number of ketones is 1. The average molecular weight is 446 g/mol. The van der Waals surface area contributed by atoms with Crippen molar-refractivity contribution < 1.29 is 9.90 Å². The third-order valence-corrected chi connectivity index (χ3v) is 7.64. The Bertz CT molecular complexity index is 1080. The van der Waals surface area contributed by atoms with Crippen LogP contribution in [0.2, 0.25) is 0 Å².